The Kier molecular flexibility index (Phi) is 3.44. The molecular formula is C12H10ClIN2. The van der Waals surface area contributed by atoms with Crippen LogP contribution in [0, 0.1) is 17.4 Å². The lowest BCUT2D eigenvalue weighted by atomic mass is 10.0. The van der Waals surface area contributed by atoms with Crippen molar-refractivity contribution in [3.63, 3.8) is 0 Å². The second-order valence-corrected chi connectivity index (χ2v) is 5.12. The summed E-state index contributed by atoms with van der Waals surface area (Å²) in [4.78, 5) is 8.64. The zero-order chi connectivity index (χ0) is 11.7. The molecule has 2 aromatic rings. The number of hydrogen-bond acceptors (Lipinski definition) is 2. The Morgan fingerprint density at radius 2 is 1.81 bits per heavy atom. The van der Waals surface area contributed by atoms with Gasteiger partial charge in [-0.15, -0.1) is 0 Å². The van der Waals surface area contributed by atoms with Crippen LogP contribution in [0.2, 0.25) is 5.15 Å². The summed E-state index contributed by atoms with van der Waals surface area (Å²) in [6.45, 7) is 4.11. The summed E-state index contributed by atoms with van der Waals surface area (Å²) in [6.07, 6.45) is 1.75. The fourth-order valence-electron chi connectivity index (χ4n) is 1.63. The number of aryl methyl sites for hydroxylation is 2. The molecule has 0 N–H and O–H groups in total. The number of halogens is 2. The van der Waals surface area contributed by atoms with Crippen LogP contribution >= 0.6 is 34.2 Å². The lowest BCUT2D eigenvalue weighted by Crippen LogP contribution is -1.95. The minimum Gasteiger partial charge on any atom is -0.235 e. The van der Waals surface area contributed by atoms with Gasteiger partial charge in [0.1, 0.15) is 5.15 Å². The summed E-state index contributed by atoms with van der Waals surface area (Å²) in [5.41, 5.74) is 3.40. The SMILES string of the molecule is Cc1cccc(C)c1-c1ncc(I)c(Cl)n1. The van der Waals surface area contributed by atoms with E-state index in [4.69, 9.17) is 11.6 Å². The first-order chi connectivity index (χ1) is 7.59. The Morgan fingerprint density at radius 3 is 2.38 bits per heavy atom. The van der Waals surface area contributed by atoms with Crippen molar-refractivity contribution in [3.8, 4) is 11.4 Å². The van der Waals surface area contributed by atoms with Crippen molar-refractivity contribution in [3.05, 3.63) is 44.2 Å². The van der Waals surface area contributed by atoms with E-state index in [1.807, 2.05) is 6.07 Å². The van der Waals surface area contributed by atoms with Gasteiger partial charge in [0.2, 0.25) is 0 Å². The van der Waals surface area contributed by atoms with Crippen molar-refractivity contribution >= 4 is 34.2 Å². The lowest BCUT2D eigenvalue weighted by Gasteiger charge is -2.08. The second-order valence-electron chi connectivity index (χ2n) is 3.60. The normalized spacial score (nSPS) is 10.5. The summed E-state index contributed by atoms with van der Waals surface area (Å²) in [6, 6.07) is 6.14. The Labute approximate surface area is 113 Å². The number of nitrogens with zero attached hydrogens (tertiary/aromatic N) is 2. The second kappa shape index (κ2) is 4.67. The van der Waals surface area contributed by atoms with Gasteiger partial charge in [0.05, 0.1) is 3.57 Å². The average molecular weight is 345 g/mol. The van der Waals surface area contributed by atoms with Gasteiger partial charge in [-0.05, 0) is 47.6 Å². The van der Waals surface area contributed by atoms with Gasteiger partial charge in [-0.1, -0.05) is 29.8 Å². The van der Waals surface area contributed by atoms with Crippen LogP contribution in [0.25, 0.3) is 11.4 Å². The summed E-state index contributed by atoms with van der Waals surface area (Å²) in [5, 5.41) is 0.508. The number of benzene rings is 1. The molecule has 4 heteroatoms. The van der Waals surface area contributed by atoms with Crippen LogP contribution in [0.3, 0.4) is 0 Å². The zero-order valence-corrected chi connectivity index (χ0v) is 11.9. The fraction of sp³-hybridized carbons (Fsp3) is 0.167. The Morgan fingerprint density at radius 1 is 1.19 bits per heavy atom. The third-order valence-electron chi connectivity index (χ3n) is 2.41. The van der Waals surface area contributed by atoms with Gasteiger partial charge in [0.25, 0.3) is 0 Å². The molecule has 0 atom stereocenters. The molecule has 0 fully saturated rings. The minimum atomic E-state index is 0.508. The molecule has 16 heavy (non-hydrogen) atoms. The predicted octanol–water partition coefficient (Wildman–Crippen LogP) is 4.02. The highest BCUT2D eigenvalue weighted by molar-refractivity contribution is 14.1. The molecule has 0 aliphatic rings. The summed E-state index contributed by atoms with van der Waals surface area (Å²) >= 11 is 8.13. The molecule has 0 amide bonds. The highest BCUT2D eigenvalue weighted by Crippen LogP contribution is 2.26. The number of hydrogen-bond donors (Lipinski definition) is 0. The van der Waals surface area contributed by atoms with Crippen molar-refractivity contribution in [2.24, 2.45) is 0 Å². The maximum absolute atomic E-state index is 6.01. The van der Waals surface area contributed by atoms with Crippen LogP contribution in [0.1, 0.15) is 11.1 Å². The maximum Gasteiger partial charge on any atom is 0.161 e. The van der Waals surface area contributed by atoms with E-state index in [-0.39, 0.29) is 0 Å². The van der Waals surface area contributed by atoms with E-state index in [2.05, 4.69) is 58.5 Å². The smallest absolute Gasteiger partial charge is 0.161 e. The third-order valence-corrected chi connectivity index (χ3v) is 3.80. The predicted molar refractivity (Wildman–Crippen MR) is 74.7 cm³/mol. The molecule has 0 saturated carbocycles. The van der Waals surface area contributed by atoms with Crippen LogP contribution in [0.4, 0.5) is 0 Å². The van der Waals surface area contributed by atoms with Crippen molar-refractivity contribution < 1.29 is 0 Å². The van der Waals surface area contributed by atoms with Crippen LogP contribution in [0.5, 0.6) is 0 Å². The van der Waals surface area contributed by atoms with Gasteiger partial charge in [-0.25, -0.2) is 9.97 Å². The molecule has 0 aliphatic carbocycles. The molecule has 2 nitrogen and oxygen atoms in total. The Bertz CT molecular complexity index is 520. The first kappa shape index (κ1) is 11.8. The monoisotopic (exact) mass is 344 g/mol. The third kappa shape index (κ3) is 2.20. The minimum absolute atomic E-state index is 0.508. The molecule has 0 aliphatic heterocycles. The van der Waals surface area contributed by atoms with Crippen LogP contribution in [-0.4, -0.2) is 9.97 Å². The first-order valence-corrected chi connectivity index (χ1v) is 6.30. The summed E-state index contributed by atoms with van der Waals surface area (Å²) in [5.74, 6) is 0.695. The molecule has 0 saturated heterocycles. The van der Waals surface area contributed by atoms with E-state index >= 15 is 0 Å². The number of rotatable bonds is 1. The number of aromatic nitrogens is 2. The van der Waals surface area contributed by atoms with E-state index in [9.17, 15) is 0 Å². The molecule has 1 heterocycles. The molecule has 0 spiro atoms. The van der Waals surface area contributed by atoms with Crippen molar-refractivity contribution in [2.45, 2.75) is 13.8 Å². The first-order valence-electron chi connectivity index (χ1n) is 4.84. The standard InChI is InChI=1S/C12H10ClIN2/c1-7-4-3-5-8(2)10(7)12-15-6-9(14)11(13)16-12/h3-6H,1-2H3. The molecule has 1 aromatic heterocycles. The molecular weight excluding hydrogens is 335 g/mol. The summed E-state index contributed by atoms with van der Waals surface area (Å²) in [7, 11) is 0. The van der Waals surface area contributed by atoms with Gasteiger partial charge < -0.3 is 0 Å². The topological polar surface area (TPSA) is 25.8 Å². The average Bonchev–Trinajstić information content (AvgIpc) is 2.23. The Balaban J connectivity index is 2.63. The fourth-order valence-corrected chi connectivity index (χ4v) is 2.02. The van der Waals surface area contributed by atoms with E-state index in [0.29, 0.717) is 11.0 Å². The molecule has 1 aromatic carbocycles. The Hall–Kier alpha value is -0.680. The molecule has 2 rings (SSSR count). The van der Waals surface area contributed by atoms with Gasteiger partial charge >= 0.3 is 0 Å². The highest BCUT2D eigenvalue weighted by atomic mass is 127. The quantitative estimate of drug-likeness (QED) is 0.577. The van der Waals surface area contributed by atoms with E-state index in [1.54, 1.807) is 6.20 Å². The maximum atomic E-state index is 6.01. The van der Waals surface area contributed by atoms with Gasteiger partial charge in [0.15, 0.2) is 5.82 Å². The molecule has 0 bridgehead atoms. The van der Waals surface area contributed by atoms with Crippen LogP contribution < -0.4 is 0 Å². The van der Waals surface area contributed by atoms with E-state index in [0.717, 1.165) is 20.3 Å². The highest BCUT2D eigenvalue weighted by Gasteiger charge is 2.09. The largest absolute Gasteiger partial charge is 0.235 e. The van der Waals surface area contributed by atoms with Crippen LogP contribution in [0.15, 0.2) is 24.4 Å². The van der Waals surface area contributed by atoms with Crippen molar-refractivity contribution in [2.75, 3.05) is 0 Å². The zero-order valence-electron chi connectivity index (χ0n) is 8.96. The molecule has 82 valence electrons. The van der Waals surface area contributed by atoms with Gasteiger partial charge in [-0.2, -0.15) is 0 Å². The molecule has 0 unspecified atom stereocenters. The summed E-state index contributed by atoms with van der Waals surface area (Å²) < 4.78 is 0.870. The van der Waals surface area contributed by atoms with Crippen LogP contribution in [-0.2, 0) is 0 Å². The molecule has 0 radical (unpaired) electrons. The van der Waals surface area contributed by atoms with E-state index < -0.39 is 0 Å². The van der Waals surface area contributed by atoms with Gasteiger partial charge in [0, 0.05) is 11.8 Å². The van der Waals surface area contributed by atoms with E-state index in [1.165, 1.54) is 0 Å². The van der Waals surface area contributed by atoms with Crippen molar-refractivity contribution in [1.29, 1.82) is 0 Å². The van der Waals surface area contributed by atoms with Crippen molar-refractivity contribution in [1.82, 2.24) is 9.97 Å². The lowest BCUT2D eigenvalue weighted by molar-refractivity contribution is 1.14. The van der Waals surface area contributed by atoms with Gasteiger partial charge in [-0.3, -0.25) is 0 Å².